The molecule has 4 rings (SSSR count). The Kier molecular flexibility index (Phi) is 3.95. The van der Waals surface area contributed by atoms with Gasteiger partial charge in [0.05, 0.1) is 6.54 Å². The number of thioether (sulfide) groups is 1. The van der Waals surface area contributed by atoms with Gasteiger partial charge in [0.15, 0.2) is 6.54 Å². The maximum absolute atomic E-state index is 11.5. The summed E-state index contributed by atoms with van der Waals surface area (Å²) in [4.78, 5) is 2.24. The first-order valence-corrected chi connectivity index (χ1v) is 9.55. The summed E-state index contributed by atoms with van der Waals surface area (Å²) >= 11 is 5.31. The van der Waals surface area contributed by atoms with Gasteiger partial charge in [0.1, 0.15) is 5.69 Å². The number of β-amino-alcohol motifs (C(OH)–C–C–N with tert-alkyl or cyclic N) is 1. The monoisotopic (exact) mass is 389 g/mol. The van der Waals surface area contributed by atoms with E-state index >= 15 is 0 Å². The van der Waals surface area contributed by atoms with Gasteiger partial charge in [-0.1, -0.05) is 46.3 Å². The Bertz CT molecular complexity index is 747. The summed E-state index contributed by atoms with van der Waals surface area (Å²) in [5, 5.41) is 12.7. The average molecular weight is 390 g/mol. The number of amidine groups is 1. The van der Waals surface area contributed by atoms with Crippen LogP contribution in [0.5, 0.6) is 0 Å². The van der Waals surface area contributed by atoms with Crippen LogP contribution < -0.4 is 4.90 Å². The standard InChI is InChI=1S/C18H18BrN2OS/c19-15-9-7-14(8-10-15)18(22)13-20(16-5-2-1-3-6-16)17-21(18)11-4-12-23-17/h1-3,5-10,22H,4,11-13H2/q+1/t18-/m0/s1. The second-order valence-corrected chi connectivity index (χ2v) is 7.86. The number of nitrogens with zero attached hydrogens (tertiary/aromatic N) is 2. The van der Waals surface area contributed by atoms with Crippen molar-refractivity contribution in [2.24, 2.45) is 0 Å². The van der Waals surface area contributed by atoms with E-state index in [0.29, 0.717) is 6.54 Å². The van der Waals surface area contributed by atoms with Crippen LogP contribution in [0.3, 0.4) is 0 Å². The van der Waals surface area contributed by atoms with Gasteiger partial charge in [-0.15, -0.1) is 0 Å². The van der Waals surface area contributed by atoms with Gasteiger partial charge in [0, 0.05) is 15.8 Å². The first-order chi connectivity index (χ1) is 11.2. The lowest BCUT2D eigenvalue weighted by molar-refractivity contribution is -0.656. The molecular formula is C18H18BrN2OS+. The fourth-order valence-corrected chi connectivity index (χ4v) is 4.72. The zero-order valence-corrected chi connectivity index (χ0v) is 15.1. The van der Waals surface area contributed by atoms with Crippen molar-refractivity contribution < 1.29 is 9.68 Å². The number of aliphatic hydroxyl groups is 1. The molecule has 2 heterocycles. The van der Waals surface area contributed by atoms with Crippen molar-refractivity contribution >= 4 is 38.5 Å². The van der Waals surface area contributed by atoms with Gasteiger partial charge in [-0.25, -0.2) is 9.48 Å². The van der Waals surface area contributed by atoms with Crippen molar-refractivity contribution in [2.45, 2.75) is 12.1 Å². The lowest BCUT2D eigenvalue weighted by Gasteiger charge is -2.24. The molecule has 0 radical (unpaired) electrons. The van der Waals surface area contributed by atoms with Crippen molar-refractivity contribution in [3.63, 3.8) is 0 Å². The van der Waals surface area contributed by atoms with Gasteiger partial charge < -0.3 is 5.11 Å². The molecule has 0 bridgehead atoms. The molecule has 2 aromatic rings. The maximum Gasteiger partial charge on any atom is 0.316 e. The van der Waals surface area contributed by atoms with Gasteiger partial charge >= 0.3 is 5.17 Å². The molecule has 1 atom stereocenters. The van der Waals surface area contributed by atoms with E-state index in [1.54, 1.807) is 0 Å². The summed E-state index contributed by atoms with van der Waals surface area (Å²) in [5.41, 5.74) is 1.10. The highest BCUT2D eigenvalue weighted by atomic mass is 79.9. The Hall–Kier alpha value is -1.30. The van der Waals surface area contributed by atoms with Gasteiger partial charge in [0.2, 0.25) is 0 Å². The molecular weight excluding hydrogens is 372 g/mol. The predicted octanol–water partition coefficient (Wildman–Crippen LogP) is 3.62. The van der Waals surface area contributed by atoms with E-state index in [4.69, 9.17) is 0 Å². The van der Waals surface area contributed by atoms with E-state index in [-0.39, 0.29) is 0 Å². The third kappa shape index (κ3) is 2.61. The molecule has 0 aliphatic carbocycles. The zero-order valence-electron chi connectivity index (χ0n) is 12.7. The molecule has 5 heteroatoms. The molecule has 2 aliphatic heterocycles. The Morgan fingerprint density at radius 1 is 1.09 bits per heavy atom. The molecule has 0 saturated carbocycles. The van der Waals surface area contributed by atoms with Crippen LogP contribution in [0, 0.1) is 0 Å². The smallest absolute Gasteiger partial charge is 0.316 e. The number of benzene rings is 2. The molecule has 0 unspecified atom stereocenters. The lowest BCUT2D eigenvalue weighted by atomic mass is 10.0. The van der Waals surface area contributed by atoms with Crippen LogP contribution in [0.2, 0.25) is 0 Å². The van der Waals surface area contributed by atoms with Crippen molar-refractivity contribution in [1.29, 1.82) is 0 Å². The maximum atomic E-state index is 11.5. The highest BCUT2D eigenvalue weighted by Gasteiger charge is 2.53. The Balaban J connectivity index is 1.80. The third-order valence-electron chi connectivity index (χ3n) is 4.42. The molecule has 1 N–H and O–H groups in total. The molecule has 2 aliphatic rings. The van der Waals surface area contributed by atoms with E-state index in [9.17, 15) is 5.11 Å². The van der Waals surface area contributed by atoms with Crippen LogP contribution in [0.15, 0.2) is 59.1 Å². The molecule has 0 spiro atoms. The van der Waals surface area contributed by atoms with Crippen molar-refractivity contribution in [1.82, 2.24) is 0 Å². The lowest BCUT2D eigenvalue weighted by Crippen LogP contribution is -2.41. The third-order valence-corrected chi connectivity index (χ3v) is 6.14. The summed E-state index contributed by atoms with van der Waals surface area (Å²) in [6.07, 6.45) is 1.09. The quantitative estimate of drug-likeness (QED) is 0.794. The molecule has 2 aromatic carbocycles. The molecule has 3 nitrogen and oxygen atoms in total. The van der Waals surface area contributed by atoms with E-state index < -0.39 is 5.72 Å². The predicted molar refractivity (Wildman–Crippen MR) is 99.0 cm³/mol. The van der Waals surface area contributed by atoms with Gasteiger partial charge in [-0.05, 0) is 42.4 Å². The first kappa shape index (κ1) is 15.2. The number of hydrogen-bond donors (Lipinski definition) is 1. The van der Waals surface area contributed by atoms with Crippen LogP contribution in [-0.4, -0.2) is 33.7 Å². The van der Waals surface area contributed by atoms with Gasteiger partial charge in [0.25, 0.3) is 5.72 Å². The number of halogens is 1. The molecule has 0 fully saturated rings. The Labute approximate surface area is 148 Å². The normalized spacial score (nSPS) is 24.0. The van der Waals surface area contributed by atoms with Crippen LogP contribution in [-0.2, 0) is 5.72 Å². The van der Waals surface area contributed by atoms with E-state index in [0.717, 1.165) is 39.6 Å². The minimum atomic E-state index is -0.973. The van der Waals surface area contributed by atoms with E-state index in [2.05, 4.69) is 37.5 Å². The summed E-state index contributed by atoms with van der Waals surface area (Å²) in [6, 6.07) is 18.3. The second-order valence-electron chi connectivity index (χ2n) is 5.88. The fourth-order valence-electron chi connectivity index (χ4n) is 3.27. The largest absolute Gasteiger partial charge is 0.346 e. The van der Waals surface area contributed by atoms with Crippen molar-refractivity contribution in [3.05, 3.63) is 64.6 Å². The number of anilines is 1. The topological polar surface area (TPSA) is 26.5 Å². The van der Waals surface area contributed by atoms with E-state index in [1.807, 2.05) is 54.2 Å². The minimum absolute atomic E-state index is 0.557. The number of rotatable bonds is 2. The molecule has 0 saturated heterocycles. The second kappa shape index (κ2) is 5.96. The molecule has 118 valence electrons. The highest BCUT2D eigenvalue weighted by Crippen LogP contribution is 2.37. The van der Waals surface area contributed by atoms with Crippen LogP contribution >= 0.6 is 27.7 Å². The molecule has 0 aromatic heterocycles. The average Bonchev–Trinajstić information content (AvgIpc) is 2.91. The zero-order chi connectivity index (χ0) is 15.9. The fraction of sp³-hybridized carbons (Fsp3) is 0.278. The molecule has 0 amide bonds. The van der Waals surface area contributed by atoms with Crippen LogP contribution in [0.1, 0.15) is 12.0 Å². The summed E-state index contributed by atoms with van der Waals surface area (Å²) in [5.74, 6) is 1.10. The SMILES string of the molecule is O[C@]1(c2ccc(Br)cc2)CN(c2ccccc2)C2=[N+]1CCCS2. The Morgan fingerprint density at radius 2 is 1.83 bits per heavy atom. The van der Waals surface area contributed by atoms with Crippen molar-refractivity contribution in [3.8, 4) is 0 Å². The van der Waals surface area contributed by atoms with E-state index in [1.165, 1.54) is 0 Å². The van der Waals surface area contributed by atoms with Crippen LogP contribution in [0.25, 0.3) is 0 Å². The van der Waals surface area contributed by atoms with Gasteiger partial charge in [-0.2, -0.15) is 0 Å². The minimum Gasteiger partial charge on any atom is -0.346 e. The van der Waals surface area contributed by atoms with Gasteiger partial charge in [-0.3, -0.25) is 0 Å². The molecule has 23 heavy (non-hydrogen) atoms. The Morgan fingerprint density at radius 3 is 2.57 bits per heavy atom. The number of para-hydroxylation sites is 1. The highest BCUT2D eigenvalue weighted by molar-refractivity contribution is 9.10. The summed E-state index contributed by atoms with van der Waals surface area (Å²) in [7, 11) is 0. The van der Waals surface area contributed by atoms with Crippen LogP contribution in [0.4, 0.5) is 5.69 Å². The first-order valence-electron chi connectivity index (χ1n) is 7.77. The summed E-state index contributed by atoms with van der Waals surface area (Å²) < 4.78 is 3.19. The van der Waals surface area contributed by atoms with Crippen molar-refractivity contribution in [2.75, 3.05) is 23.7 Å². The number of hydrogen-bond acceptors (Lipinski definition) is 3. The summed E-state index contributed by atoms with van der Waals surface area (Å²) in [6.45, 7) is 1.44.